The van der Waals surface area contributed by atoms with Crippen molar-refractivity contribution in [1.29, 1.82) is 0 Å². The number of nitrogens with zero attached hydrogens (tertiary/aromatic N) is 2. The molecule has 6 nitrogen and oxygen atoms in total. The fraction of sp³-hybridized carbons (Fsp3) is 0.667. The van der Waals surface area contributed by atoms with Gasteiger partial charge in [0.05, 0.1) is 19.8 Å². The molecule has 0 radical (unpaired) electrons. The lowest BCUT2D eigenvalue weighted by atomic mass is 10.2. The predicted octanol–water partition coefficient (Wildman–Crippen LogP) is 2.91. The van der Waals surface area contributed by atoms with Crippen LogP contribution in [0.3, 0.4) is 0 Å². The smallest absolute Gasteiger partial charge is 0.188 e. The van der Waals surface area contributed by atoms with Crippen LogP contribution in [0.5, 0.6) is 11.5 Å². The van der Waals surface area contributed by atoms with Crippen LogP contribution in [-0.4, -0.2) is 49.7 Å². The van der Waals surface area contributed by atoms with Gasteiger partial charge in [-0.25, -0.2) is 4.99 Å². The first-order valence-corrected chi connectivity index (χ1v) is 10.3. The summed E-state index contributed by atoms with van der Waals surface area (Å²) in [6.45, 7) is 5.86. The van der Waals surface area contributed by atoms with Gasteiger partial charge in [-0.3, -0.25) is 4.90 Å². The molecule has 1 saturated carbocycles. The number of benzene rings is 1. The van der Waals surface area contributed by atoms with Crippen molar-refractivity contribution in [3.05, 3.63) is 23.8 Å². The predicted molar refractivity (Wildman–Crippen MR) is 109 cm³/mol. The zero-order valence-electron chi connectivity index (χ0n) is 16.7. The van der Waals surface area contributed by atoms with E-state index >= 15 is 0 Å². The molecule has 0 bridgehead atoms. The highest BCUT2D eigenvalue weighted by molar-refractivity contribution is 5.77. The third-order valence-corrected chi connectivity index (χ3v) is 5.71. The molecule has 3 N–H and O–H groups in total. The number of hydrogen-bond donors (Lipinski definition) is 2. The number of methoxy groups -OCH3 is 1. The molecule has 150 valence electrons. The van der Waals surface area contributed by atoms with E-state index < -0.39 is 0 Å². The first kappa shape index (κ1) is 19.8. The zero-order valence-corrected chi connectivity index (χ0v) is 16.7. The van der Waals surface area contributed by atoms with Gasteiger partial charge in [0.1, 0.15) is 11.5 Å². The Hall–Kier alpha value is -1.95. The second kappa shape index (κ2) is 9.83. The van der Waals surface area contributed by atoms with Gasteiger partial charge in [0, 0.05) is 24.2 Å². The second-order valence-corrected chi connectivity index (χ2v) is 7.50. The minimum absolute atomic E-state index is 0.303. The van der Waals surface area contributed by atoms with Crippen LogP contribution in [0.15, 0.2) is 23.2 Å². The molecule has 1 aromatic carbocycles. The monoisotopic (exact) mass is 374 g/mol. The van der Waals surface area contributed by atoms with Gasteiger partial charge in [-0.2, -0.15) is 0 Å². The van der Waals surface area contributed by atoms with Crippen LogP contribution >= 0.6 is 0 Å². The minimum Gasteiger partial charge on any atom is -0.497 e. The molecule has 1 atom stereocenters. The fourth-order valence-electron chi connectivity index (χ4n) is 4.08. The Morgan fingerprint density at radius 3 is 2.81 bits per heavy atom. The highest BCUT2D eigenvalue weighted by Crippen LogP contribution is 2.30. The molecule has 1 unspecified atom stereocenters. The molecule has 2 fully saturated rings. The lowest BCUT2D eigenvalue weighted by Crippen LogP contribution is -2.42. The summed E-state index contributed by atoms with van der Waals surface area (Å²) in [4.78, 5) is 7.04. The number of aliphatic imine (C=N–C) groups is 1. The van der Waals surface area contributed by atoms with E-state index in [2.05, 4.69) is 22.1 Å². The van der Waals surface area contributed by atoms with Gasteiger partial charge in [-0.05, 0) is 63.7 Å². The van der Waals surface area contributed by atoms with Gasteiger partial charge in [-0.15, -0.1) is 0 Å². The first-order valence-electron chi connectivity index (χ1n) is 10.3. The Morgan fingerprint density at radius 2 is 2.07 bits per heavy atom. The Balaban J connectivity index is 1.58. The van der Waals surface area contributed by atoms with Crippen molar-refractivity contribution in [3.8, 4) is 11.5 Å². The number of rotatable bonds is 8. The van der Waals surface area contributed by atoms with E-state index in [0.29, 0.717) is 24.7 Å². The Kier molecular flexibility index (Phi) is 7.21. The van der Waals surface area contributed by atoms with Crippen molar-refractivity contribution in [2.24, 2.45) is 10.7 Å². The Bertz CT molecular complexity index is 629. The lowest BCUT2D eigenvalue weighted by molar-refractivity contribution is 0.207. The second-order valence-electron chi connectivity index (χ2n) is 7.50. The summed E-state index contributed by atoms with van der Waals surface area (Å²) in [5.41, 5.74) is 7.16. The van der Waals surface area contributed by atoms with Crippen LogP contribution in [0, 0.1) is 0 Å². The minimum atomic E-state index is 0.303. The number of ether oxygens (including phenoxy) is 2. The molecule has 0 spiro atoms. The van der Waals surface area contributed by atoms with Crippen LogP contribution < -0.4 is 20.5 Å². The summed E-state index contributed by atoms with van der Waals surface area (Å²) < 4.78 is 11.6. The zero-order chi connectivity index (χ0) is 19.1. The van der Waals surface area contributed by atoms with Crippen LogP contribution in [0.4, 0.5) is 0 Å². The van der Waals surface area contributed by atoms with Gasteiger partial charge >= 0.3 is 0 Å². The topological polar surface area (TPSA) is 72.1 Å². The van der Waals surface area contributed by atoms with Gasteiger partial charge in [0.25, 0.3) is 0 Å². The molecule has 2 aliphatic rings. The van der Waals surface area contributed by atoms with E-state index in [0.717, 1.165) is 43.0 Å². The average Bonchev–Trinajstić information content (AvgIpc) is 3.36. The number of likely N-dealkylation sites (N-methyl/N-ethyl adjacent to an activating group) is 1. The molecule has 1 saturated heterocycles. The average molecular weight is 375 g/mol. The molecular formula is C21H34N4O2. The highest BCUT2D eigenvalue weighted by Gasteiger charge is 2.22. The maximum Gasteiger partial charge on any atom is 0.188 e. The molecule has 3 rings (SSSR count). The van der Waals surface area contributed by atoms with Gasteiger partial charge < -0.3 is 20.5 Å². The number of guanidine groups is 1. The number of nitrogens with two attached hydrogens (primary N) is 1. The summed E-state index contributed by atoms with van der Waals surface area (Å²) in [7, 11) is 1.68. The first-order chi connectivity index (χ1) is 13.2. The standard InChI is InChI=1S/C21H34N4O2/c1-3-25-12-6-7-17(25)15-24-21(22)23-14-16-10-11-19(26-2)13-20(16)27-18-8-4-5-9-18/h10-11,13,17-18H,3-9,12,14-15H2,1-2H3,(H3,22,23,24). The van der Waals surface area contributed by atoms with E-state index in [4.69, 9.17) is 15.2 Å². The molecule has 1 aromatic rings. The highest BCUT2D eigenvalue weighted by atomic mass is 16.5. The summed E-state index contributed by atoms with van der Waals surface area (Å²) in [6, 6.07) is 6.50. The van der Waals surface area contributed by atoms with Crippen molar-refractivity contribution < 1.29 is 9.47 Å². The largest absolute Gasteiger partial charge is 0.497 e. The maximum absolute atomic E-state index is 6.23. The Labute approximate surface area is 163 Å². The molecule has 0 amide bonds. The van der Waals surface area contributed by atoms with Crippen LogP contribution in [0.25, 0.3) is 0 Å². The third-order valence-electron chi connectivity index (χ3n) is 5.71. The Morgan fingerprint density at radius 1 is 1.26 bits per heavy atom. The summed E-state index contributed by atoms with van der Waals surface area (Å²) in [5.74, 6) is 2.18. The van der Waals surface area contributed by atoms with Gasteiger partial charge in [0.15, 0.2) is 5.96 Å². The van der Waals surface area contributed by atoms with E-state index in [1.165, 1.54) is 32.2 Å². The number of likely N-dealkylation sites (tertiary alicyclic amines) is 1. The maximum atomic E-state index is 6.23. The van der Waals surface area contributed by atoms with E-state index in [1.54, 1.807) is 7.11 Å². The molecule has 27 heavy (non-hydrogen) atoms. The summed E-state index contributed by atoms with van der Waals surface area (Å²) in [6.07, 6.45) is 7.54. The van der Waals surface area contributed by atoms with Crippen molar-refractivity contribution in [1.82, 2.24) is 10.2 Å². The summed E-state index contributed by atoms with van der Waals surface area (Å²) in [5, 5.41) is 3.29. The van der Waals surface area contributed by atoms with Crippen molar-refractivity contribution in [3.63, 3.8) is 0 Å². The molecule has 1 aliphatic carbocycles. The quantitative estimate of drug-likeness (QED) is 0.541. The third kappa shape index (κ3) is 5.51. The van der Waals surface area contributed by atoms with Crippen LogP contribution in [0.2, 0.25) is 0 Å². The van der Waals surface area contributed by atoms with Gasteiger partial charge in [-0.1, -0.05) is 6.92 Å². The van der Waals surface area contributed by atoms with Crippen LogP contribution in [-0.2, 0) is 6.54 Å². The fourth-order valence-corrected chi connectivity index (χ4v) is 4.08. The van der Waals surface area contributed by atoms with Crippen molar-refractivity contribution in [2.45, 2.75) is 64.1 Å². The molecule has 0 aromatic heterocycles. The molecule has 1 heterocycles. The molecule has 6 heteroatoms. The van der Waals surface area contributed by atoms with E-state index in [1.807, 2.05) is 18.2 Å². The van der Waals surface area contributed by atoms with E-state index in [9.17, 15) is 0 Å². The molecular weight excluding hydrogens is 340 g/mol. The summed E-state index contributed by atoms with van der Waals surface area (Å²) >= 11 is 0. The van der Waals surface area contributed by atoms with Crippen molar-refractivity contribution >= 4 is 5.96 Å². The normalized spacial score (nSPS) is 21.6. The lowest BCUT2D eigenvalue weighted by Gasteiger charge is -2.23. The van der Waals surface area contributed by atoms with Gasteiger partial charge in [0.2, 0.25) is 0 Å². The van der Waals surface area contributed by atoms with E-state index in [-0.39, 0.29) is 0 Å². The number of hydrogen-bond acceptors (Lipinski definition) is 4. The van der Waals surface area contributed by atoms with Crippen LogP contribution in [0.1, 0.15) is 51.0 Å². The SMILES string of the molecule is CCN1CCCC1CNC(N)=NCc1ccc(OC)cc1OC1CCCC1. The molecule has 1 aliphatic heterocycles. The van der Waals surface area contributed by atoms with Crippen molar-refractivity contribution in [2.75, 3.05) is 26.7 Å². The number of nitrogens with one attached hydrogen (secondary N) is 1.